The average molecular weight is 876 g/mol. The first-order chi connectivity index (χ1) is 34.3. The van der Waals surface area contributed by atoms with Crippen molar-refractivity contribution >= 4 is 17.1 Å². The Hall–Kier alpha value is -8.78. The van der Waals surface area contributed by atoms with Gasteiger partial charge in [-0.05, 0) is 119 Å². The molecule has 1 heteroatoms. The fourth-order valence-corrected chi connectivity index (χ4v) is 12.7. The van der Waals surface area contributed by atoms with Crippen LogP contribution in [0.25, 0.3) is 55.6 Å². The van der Waals surface area contributed by atoms with E-state index in [0.717, 1.165) is 28.2 Å². The second-order valence-electron chi connectivity index (χ2n) is 18.6. The van der Waals surface area contributed by atoms with Crippen LogP contribution in [0, 0.1) is 0 Å². The first kappa shape index (κ1) is 39.4. The van der Waals surface area contributed by atoms with Gasteiger partial charge in [-0.1, -0.05) is 243 Å². The van der Waals surface area contributed by atoms with E-state index in [1.54, 1.807) is 0 Å². The Morgan fingerprint density at radius 1 is 0.232 bits per heavy atom. The van der Waals surface area contributed by atoms with Gasteiger partial charge >= 0.3 is 0 Å². The van der Waals surface area contributed by atoms with Gasteiger partial charge in [-0.25, -0.2) is 0 Å². The second kappa shape index (κ2) is 15.4. The summed E-state index contributed by atoms with van der Waals surface area (Å²) in [6.45, 7) is 0. The van der Waals surface area contributed by atoms with Crippen molar-refractivity contribution in [2.45, 2.75) is 10.8 Å². The standard InChI is InChI=1S/C68H45N/c1-4-22-46(23-5-1)47-24-20-25-48(44-47)52-30-14-19-40-64(52)69(65-41-21-39-62-66(65)57-34-13-18-38-61(57)67(62,49-26-6-2-7-27-49)50-28-8-3-9-29-50)51-42-43-56-55-33-12-17-37-60(55)68(63(56)45-51)58-35-15-10-31-53(58)54-32-11-16-36-59(54)68/h1-45H. The molecule has 0 heterocycles. The maximum atomic E-state index is 2.58. The zero-order valence-electron chi connectivity index (χ0n) is 37.9. The molecule has 11 aromatic rings. The van der Waals surface area contributed by atoms with Gasteiger partial charge in [0.2, 0.25) is 0 Å². The van der Waals surface area contributed by atoms with Crippen molar-refractivity contribution in [2.75, 3.05) is 4.90 Å². The van der Waals surface area contributed by atoms with E-state index in [-0.39, 0.29) is 0 Å². The summed E-state index contributed by atoms with van der Waals surface area (Å²) in [4.78, 5) is 2.58. The lowest BCUT2D eigenvalue weighted by Crippen LogP contribution is -2.28. The van der Waals surface area contributed by atoms with E-state index in [0.29, 0.717) is 0 Å². The van der Waals surface area contributed by atoms with Crippen LogP contribution in [0.3, 0.4) is 0 Å². The summed E-state index contributed by atoms with van der Waals surface area (Å²) >= 11 is 0. The van der Waals surface area contributed by atoms with E-state index in [2.05, 4.69) is 278 Å². The Balaban J connectivity index is 1.08. The molecule has 322 valence electrons. The van der Waals surface area contributed by atoms with Gasteiger partial charge in [-0.3, -0.25) is 0 Å². The normalized spacial score (nSPS) is 13.7. The maximum absolute atomic E-state index is 2.58. The molecule has 0 saturated heterocycles. The van der Waals surface area contributed by atoms with Crippen LogP contribution in [-0.2, 0) is 10.8 Å². The number of para-hydroxylation sites is 1. The molecule has 0 fully saturated rings. The molecule has 0 aromatic heterocycles. The number of rotatable bonds is 7. The van der Waals surface area contributed by atoms with E-state index in [1.807, 2.05) is 0 Å². The monoisotopic (exact) mass is 875 g/mol. The quantitative estimate of drug-likeness (QED) is 0.154. The fourth-order valence-electron chi connectivity index (χ4n) is 12.7. The lowest BCUT2D eigenvalue weighted by atomic mass is 9.68. The molecule has 11 aromatic carbocycles. The minimum atomic E-state index is -0.555. The van der Waals surface area contributed by atoms with Crippen molar-refractivity contribution in [3.8, 4) is 55.6 Å². The second-order valence-corrected chi connectivity index (χ2v) is 18.6. The first-order valence-electron chi connectivity index (χ1n) is 24.1. The van der Waals surface area contributed by atoms with Crippen LogP contribution in [0.5, 0.6) is 0 Å². The van der Waals surface area contributed by atoms with Crippen molar-refractivity contribution in [3.05, 3.63) is 317 Å². The molecule has 0 amide bonds. The van der Waals surface area contributed by atoms with Gasteiger partial charge in [0.15, 0.2) is 0 Å². The van der Waals surface area contributed by atoms with Crippen molar-refractivity contribution in [1.82, 2.24) is 0 Å². The van der Waals surface area contributed by atoms with Crippen LogP contribution in [-0.4, -0.2) is 0 Å². The van der Waals surface area contributed by atoms with Crippen LogP contribution >= 0.6 is 0 Å². The Bertz CT molecular complexity index is 3690. The fraction of sp³-hybridized carbons (Fsp3) is 0.0294. The molecule has 3 aliphatic carbocycles. The minimum absolute atomic E-state index is 0.495. The predicted octanol–water partition coefficient (Wildman–Crippen LogP) is 17.2. The molecule has 0 atom stereocenters. The van der Waals surface area contributed by atoms with E-state index < -0.39 is 10.8 Å². The first-order valence-corrected chi connectivity index (χ1v) is 24.1. The molecule has 14 rings (SSSR count). The number of nitrogens with zero attached hydrogens (tertiary/aromatic N) is 1. The number of hydrogen-bond donors (Lipinski definition) is 0. The van der Waals surface area contributed by atoms with E-state index >= 15 is 0 Å². The summed E-state index contributed by atoms with van der Waals surface area (Å²) < 4.78 is 0. The molecule has 0 N–H and O–H groups in total. The summed E-state index contributed by atoms with van der Waals surface area (Å²) in [7, 11) is 0. The largest absolute Gasteiger partial charge is 0.309 e. The summed E-state index contributed by atoms with van der Waals surface area (Å²) in [5.74, 6) is 0. The third-order valence-corrected chi connectivity index (χ3v) is 15.4. The Morgan fingerprint density at radius 3 is 1.26 bits per heavy atom. The molecule has 3 aliphatic rings. The van der Waals surface area contributed by atoms with Crippen LogP contribution in [0.2, 0.25) is 0 Å². The van der Waals surface area contributed by atoms with Crippen LogP contribution in [0.1, 0.15) is 44.5 Å². The summed E-state index contributed by atoms with van der Waals surface area (Å²) in [6.07, 6.45) is 0. The average Bonchev–Trinajstić information content (AvgIpc) is 4.02. The molecular formula is C68H45N. The topological polar surface area (TPSA) is 3.24 Å². The number of hydrogen-bond acceptors (Lipinski definition) is 1. The molecule has 0 saturated carbocycles. The Kier molecular flexibility index (Phi) is 8.78. The minimum Gasteiger partial charge on any atom is -0.309 e. The Labute approximate surface area is 403 Å². The molecule has 1 spiro atoms. The number of fused-ring (bicyclic) bond motifs is 13. The van der Waals surface area contributed by atoms with Gasteiger partial charge in [-0.2, -0.15) is 0 Å². The van der Waals surface area contributed by atoms with Crippen LogP contribution in [0.15, 0.2) is 273 Å². The molecule has 69 heavy (non-hydrogen) atoms. The molecule has 0 aliphatic heterocycles. The van der Waals surface area contributed by atoms with Crippen molar-refractivity contribution in [1.29, 1.82) is 0 Å². The van der Waals surface area contributed by atoms with Crippen molar-refractivity contribution in [3.63, 3.8) is 0 Å². The van der Waals surface area contributed by atoms with Gasteiger partial charge < -0.3 is 4.90 Å². The number of anilines is 3. The zero-order valence-corrected chi connectivity index (χ0v) is 37.9. The smallest absolute Gasteiger partial charge is 0.0726 e. The lowest BCUT2D eigenvalue weighted by molar-refractivity contribution is 0.768. The molecular weight excluding hydrogens is 831 g/mol. The summed E-state index contributed by atoms with van der Waals surface area (Å²) in [6, 6.07) is 102. The summed E-state index contributed by atoms with van der Waals surface area (Å²) in [5.41, 5.74) is 25.1. The highest BCUT2D eigenvalue weighted by Gasteiger charge is 2.52. The molecule has 0 radical (unpaired) electrons. The van der Waals surface area contributed by atoms with Gasteiger partial charge in [0.1, 0.15) is 0 Å². The lowest BCUT2D eigenvalue weighted by Gasteiger charge is -2.35. The Morgan fingerprint density at radius 2 is 0.652 bits per heavy atom. The zero-order chi connectivity index (χ0) is 45.5. The molecule has 1 nitrogen and oxygen atoms in total. The van der Waals surface area contributed by atoms with Crippen LogP contribution < -0.4 is 4.90 Å². The predicted molar refractivity (Wildman–Crippen MR) is 286 cm³/mol. The van der Waals surface area contributed by atoms with E-state index in [1.165, 1.54) is 89.0 Å². The van der Waals surface area contributed by atoms with Gasteiger partial charge in [0, 0.05) is 16.8 Å². The number of benzene rings is 11. The summed E-state index contributed by atoms with van der Waals surface area (Å²) in [5, 5.41) is 0. The SMILES string of the molecule is c1ccc(-c2cccc(-c3ccccc3N(c3ccc4c(c3)C3(c5ccccc5-c5ccccc53)c3ccccc3-4)c3cccc4c3-c3ccccc3C4(c3ccccc3)c3ccccc3)c2)cc1. The van der Waals surface area contributed by atoms with E-state index in [9.17, 15) is 0 Å². The van der Waals surface area contributed by atoms with Crippen LogP contribution in [0.4, 0.5) is 17.1 Å². The van der Waals surface area contributed by atoms with Gasteiger partial charge in [-0.15, -0.1) is 0 Å². The molecule has 0 unspecified atom stereocenters. The van der Waals surface area contributed by atoms with Gasteiger partial charge in [0.05, 0.1) is 22.2 Å². The van der Waals surface area contributed by atoms with E-state index in [4.69, 9.17) is 0 Å². The highest BCUT2D eigenvalue weighted by atomic mass is 15.1. The third-order valence-electron chi connectivity index (χ3n) is 15.4. The molecule has 0 bridgehead atoms. The highest BCUT2D eigenvalue weighted by molar-refractivity contribution is 6.02. The third kappa shape index (κ3) is 5.53. The highest BCUT2D eigenvalue weighted by Crippen LogP contribution is 2.64. The van der Waals surface area contributed by atoms with Crippen molar-refractivity contribution < 1.29 is 0 Å². The maximum Gasteiger partial charge on any atom is 0.0726 e. The van der Waals surface area contributed by atoms with Crippen molar-refractivity contribution in [2.24, 2.45) is 0 Å². The van der Waals surface area contributed by atoms with Gasteiger partial charge in [0.25, 0.3) is 0 Å².